The molecule has 170 valence electrons. The van der Waals surface area contributed by atoms with E-state index in [2.05, 4.69) is 32.7 Å². The summed E-state index contributed by atoms with van der Waals surface area (Å²) in [4.78, 5) is 34.0. The van der Waals surface area contributed by atoms with Crippen molar-refractivity contribution in [2.24, 2.45) is 5.92 Å². The molecule has 0 spiro atoms. The van der Waals surface area contributed by atoms with E-state index in [-0.39, 0.29) is 23.8 Å². The number of hydrogen-bond acceptors (Lipinski definition) is 5. The van der Waals surface area contributed by atoms with E-state index in [4.69, 9.17) is 0 Å². The first kappa shape index (κ1) is 23.0. The Hall–Kier alpha value is -3.16. The van der Waals surface area contributed by atoms with Crippen LogP contribution in [0.1, 0.15) is 19.8 Å². The van der Waals surface area contributed by atoms with E-state index >= 15 is 0 Å². The van der Waals surface area contributed by atoms with Crippen molar-refractivity contribution in [1.82, 2.24) is 9.88 Å². The van der Waals surface area contributed by atoms with Crippen LogP contribution in [0.2, 0.25) is 0 Å². The molecule has 1 fully saturated rings. The molecule has 0 aliphatic carbocycles. The maximum Gasteiger partial charge on any atom is 0.241 e. The summed E-state index contributed by atoms with van der Waals surface area (Å²) >= 11 is 1.63. The highest BCUT2D eigenvalue weighted by Crippen LogP contribution is 2.33. The molecule has 7 heteroatoms. The predicted octanol–water partition coefficient (Wildman–Crippen LogP) is 4.91. The second-order valence-corrected chi connectivity index (χ2v) is 9.21. The zero-order valence-corrected chi connectivity index (χ0v) is 19.4. The molecule has 33 heavy (non-hydrogen) atoms. The Bertz CT molecular complexity index is 1070. The average Bonchev–Trinajstić information content (AvgIpc) is 2.86. The topological polar surface area (TPSA) is 74.3 Å². The van der Waals surface area contributed by atoms with E-state index in [1.165, 1.54) is 0 Å². The van der Waals surface area contributed by atoms with E-state index < -0.39 is 0 Å². The summed E-state index contributed by atoms with van der Waals surface area (Å²) in [6.07, 6.45) is 3.10. The Morgan fingerprint density at radius 2 is 1.64 bits per heavy atom. The van der Waals surface area contributed by atoms with Gasteiger partial charge in [-0.1, -0.05) is 48.2 Å². The highest BCUT2D eigenvalue weighted by atomic mass is 32.2. The molecule has 2 heterocycles. The number of anilines is 2. The van der Waals surface area contributed by atoms with Crippen molar-refractivity contribution in [1.29, 1.82) is 0 Å². The normalized spacial score (nSPS) is 15.5. The van der Waals surface area contributed by atoms with Crippen LogP contribution in [-0.4, -0.2) is 40.8 Å². The molecule has 4 rings (SSSR count). The van der Waals surface area contributed by atoms with Gasteiger partial charge in [0.2, 0.25) is 11.8 Å². The molecule has 1 atom stereocenters. The summed E-state index contributed by atoms with van der Waals surface area (Å²) < 4.78 is 0. The van der Waals surface area contributed by atoms with Crippen molar-refractivity contribution >= 4 is 35.1 Å². The summed E-state index contributed by atoms with van der Waals surface area (Å²) in [6.45, 7) is 3.33. The largest absolute Gasteiger partial charge is 0.324 e. The highest BCUT2D eigenvalue weighted by Gasteiger charge is 2.30. The van der Waals surface area contributed by atoms with E-state index in [9.17, 15) is 9.59 Å². The van der Waals surface area contributed by atoms with Gasteiger partial charge in [-0.15, -0.1) is 0 Å². The van der Waals surface area contributed by atoms with E-state index in [1.807, 2.05) is 61.5 Å². The highest BCUT2D eigenvalue weighted by molar-refractivity contribution is 7.99. The van der Waals surface area contributed by atoms with Crippen LogP contribution in [-0.2, 0) is 9.59 Å². The molecule has 0 saturated carbocycles. The molecule has 0 radical (unpaired) electrons. The molecular weight excluding hydrogens is 432 g/mol. The lowest BCUT2D eigenvalue weighted by Gasteiger charge is -2.34. The van der Waals surface area contributed by atoms with Crippen LogP contribution in [0.4, 0.5) is 11.5 Å². The number of nitrogens with one attached hydrogen (secondary N) is 2. The lowest BCUT2D eigenvalue weighted by atomic mass is 9.95. The summed E-state index contributed by atoms with van der Waals surface area (Å²) in [7, 11) is 0. The van der Waals surface area contributed by atoms with Gasteiger partial charge in [0.1, 0.15) is 5.82 Å². The third-order valence-electron chi connectivity index (χ3n) is 5.86. The zero-order valence-electron chi connectivity index (χ0n) is 18.6. The monoisotopic (exact) mass is 460 g/mol. The summed E-state index contributed by atoms with van der Waals surface area (Å²) in [5, 5.41) is 5.99. The SMILES string of the molecule is CC(C(=O)Nc1ccccc1Sc1ccccc1)N1CCC(C(=O)Nc2ccccn2)CC1. The molecule has 1 aliphatic rings. The summed E-state index contributed by atoms with van der Waals surface area (Å²) in [5.74, 6) is 0.469. The first-order valence-electron chi connectivity index (χ1n) is 11.2. The molecule has 6 nitrogen and oxygen atoms in total. The fraction of sp³-hybridized carbons (Fsp3) is 0.269. The number of carbonyl (C=O) groups is 2. The smallest absolute Gasteiger partial charge is 0.241 e. The standard InChI is InChI=1S/C26H28N4O2S/c1-19(30-17-14-20(15-18-30)26(32)29-24-13-7-8-16-27-24)25(31)28-22-11-5-6-12-23(22)33-21-9-3-2-4-10-21/h2-13,16,19-20H,14-15,17-18H2,1H3,(H,28,31)(H,27,29,32). The Balaban J connectivity index is 1.31. The molecule has 1 aliphatic heterocycles. The van der Waals surface area contributed by atoms with Crippen molar-refractivity contribution in [3.05, 3.63) is 79.0 Å². The van der Waals surface area contributed by atoms with Gasteiger partial charge in [-0.05, 0) is 69.3 Å². The minimum Gasteiger partial charge on any atom is -0.324 e. The number of aromatic nitrogens is 1. The first-order chi connectivity index (χ1) is 16.1. The van der Waals surface area contributed by atoms with Gasteiger partial charge in [0, 0.05) is 21.9 Å². The van der Waals surface area contributed by atoms with Crippen LogP contribution < -0.4 is 10.6 Å². The van der Waals surface area contributed by atoms with Crippen LogP contribution >= 0.6 is 11.8 Å². The van der Waals surface area contributed by atoms with Gasteiger partial charge in [0.15, 0.2) is 0 Å². The van der Waals surface area contributed by atoms with E-state index in [0.29, 0.717) is 18.9 Å². The molecule has 2 N–H and O–H groups in total. The fourth-order valence-corrected chi connectivity index (χ4v) is 4.81. The first-order valence-corrected chi connectivity index (χ1v) is 12.0. The van der Waals surface area contributed by atoms with Crippen molar-refractivity contribution < 1.29 is 9.59 Å². The van der Waals surface area contributed by atoms with Crippen molar-refractivity contribution in [2.45, 2.75) is 35.6 Å². The third-order valence-corrected chi connectivity index (χ3v) is 6.94. The maximum atomic E-state index is 13.0. The fourth-order valence-electron chi connectivity index (χ4n) is 3.89. The molecule has 3 aromatic rings. The van der Waals surface area contributed by atoms with Gasteiger partial charge in [0.05, 0.1) is 11.7 Å². The Labute approximate surface area is 198 Å². The number of benzene rings is 2. The Morgan fingerprint density at radius 3 is 2.36 bits per heavy atom. The number of para-hydroxylation sites is 1. The number of rotatable bonds is 7. The Kier molecular flexibility index (Phi) is 7.75. The molecular formula is C26H28N4O2S. The van der Waals surface area contributed by atoms with Crippen LogP contribution in [0.25, 0.3) is 0 Å². The van der Waals surface area contributed by atoms with Gasteiger partial charge in [0.25, 0.3) is 0 Å². The number of pyridine rings is 1. The molecule has 2 amide bonds. The van der Waals surface area contributed by atoms with Crippen LogP contribution in [0.5, 0.6) is 0 Å². The molecule has 1 unspecified atom stereocenters. The second kappa shape index (κ2) is 11.1. The molecule has 1 saturated heterocycles. The molecule has 2 aromatic carbocycles. The molecule has 1 aromatic heterocycles. The van der Waals surface area contributed by atoms with Crippen molar-refractivity contribution in [2.75, 3.05) is 23.7 Å². The minimum absolute atomic E-state index is 0.00248. The zero-order chi connectivity index (χ0) is 23.0. The lowest BCUT2D eigenvalue weighted by Crippen LogP contribution is -2.47. The van der Waals surface area contributed by atoms with Gasteiger partial charge in [-0.2, -0.15) is 0 Å². The van der Waals surface area contributed by atoms with Gasteiger partial charge >= 0.3 is 0 Å². The van der Waals surface area contributed by atoms with Crippen LogP contribution in [0.3, 0.4) is 0 Å². The minimum atomic E-state index is -0.278. The number of piperidine rings is 1. The number of amides is 2. The Morgan fingerprint density at radius 1 is 0.939 bits per heavy atom. The van der Waals surface area contributed by atoms with Crippen LogP contribution in [0, 0.1) is 5.92 Å². The third kappa shape index (κ3) is 6.21. The predicted molar refractivity (Wildman–Crippen MR) is 132 cm³/mol. The maximum absolute atomic E-state index is 13.0. The summed E-state index contributed by atoms with van der Waals surface area (Å²) in [6, 6.07) is 23.1. The lowest BCUT2D eigenvalue weighted by molar-refractivity contribution is -0.123. The van der Waals surface area contributed by atoms with E-state index in [1.54, 1.807) is 24.0 Å². The number of nitrogens with zero attached hydrogens (tertiary/aromatic N) is 2. The van der Waals surface area contributed by atoms with Crippen molar-refractivity contribution in [3.8, 4) is 0 Å². The number of likely N-dealkylation sites (tertiary alicyclic amines) is 1. The van der Waals surface area contributed by atoms with Gasteiger partial charge < -0.3 is 10.6 Å². The van der Waals surface area contributed by atoms with Crippen molar-refractivity contribution in [3.63, 3.8) is 0 Å². The number of hydrogen-bond donors (Lipinski definition) is 2. The van der Waals surface area contributed by atoms with Crippen LogP contribution in [0.15, 0.2) is 88.8 Å². The average molecular weight is 461 g/mol. The van der Waals surface area contributed by atoms with E-state index in [0.717, 1.165) is 28.3 Å². The quantitative estimate of drug-likeness (QED) is 0.524. The second-order valence-electron chi connectivity index (χ2n) is 8.09. The number of carbonyl (C=O) groups excluding carboxylic acids is 2. The summed E-state index contributed by atoms with van der Waals surface area (Å²) in [5.41, 5.74) is 0.813. The molecule has 0 bridgehead atoms. The van der Waals surface area contributed by atoms with Gasteiger partial charge in [-0.3, -0.25) is 14.5 Å². The van der Waals surface area contributed by atoms with Gasteiger partial charge in [-0.25, -0.2) is 4.98 Å².